The third kappa shape index (κ3) is 2.78. The molecule has 1 aromatic heterocycles. The van der Waals surface area contributed by atoms with Crippen LogP contribution in [0.5, 0.6) is 5.88 Å². The van der Waals surface area contributed by atoms with E-state index in [9.17, 15) is 0 Å². The first-order chi connectivity index (χ1) is 8.86. The zero-order valence-electron chi connectivity index (χ0n) is 10.6. The average Bonchev–Trinajstić information content (AvgIpc) is 2.43. The molecule has 18 heavy (non-hydrogen) atoms. The van der Waals surface area contributed by atoms with E-state index in [-0.39, 0.29) is 0 Å². The van der Waals surface area contributed by atoms with Gasteiger partial charge in [0.2, 0.25) is 5.88 Å². The molecule has 0 aliphatic heterocycles. The van der Waals surface area contributed by atoms with Crippen LogP contribution >= 0.6 is 0 Å². The Hall–Kier alpha value is -1.65. The number of nitrogens with two attached hydrogens (primary N) is 1. The SMILES string of the molecule is COCCCOc1ncc(CN)c2ccccc12. The quantitative estimate of drug-likeness (QED) is 0.793. The standard InChI is InChI=1S/C14H18N2O2/c1-17-7-4-8-18-14-13-6-3-2-5-12(13)11(9-15)10-16-14/h2-3,5-6,10H,4,7-9,15H2,1H3. The van der Waals surface area contributed by atoms with Gasteiger partial charge >= 0.3 is 0 Å². The van der Waals surface area contributed by atoms with Crippen LogP contribution in [-0.4, -0.2) is 25.3 Å². The molecule has 0 atom stereocenters. The molecule has 0 spiro atoms. The van der Waals surface area contributed by atoms with Gasteiger partial charge in [0.05, 0.1) is 6.61 Å². The van der Waals surface area contributed by atoms with Crippen molar-refractivity contribution in [2.45, 2.75) is 13.0 Å². The molecule has 0 saturated heterocycles. The Morgan fingerprint density at radius 2 is 1.94 bits per heavy atom. The summed E-state index contributed by atoms with van der Waals surface area (Å²) in [6.07, 6.45) is 2.64. The third-order valence-electron chi connectivity index (χ3n) is 2.79. The first-order valence-corrected chi connectivity index (χ1v) is 6.05. The van der Waals surface area contributed by atoms with Crippen LogP contribution in [-0.2, 0) is 11.3 Å². The number of pyridine rings is 1. The maximum atomic E-state index is 5.71. The number of hydrogen-bond donors (Lipinski definition) is 1. The molecule has 4 nitrogen and oxygen atoms in total. The zero-order valence-corrected chi connectivity index (χ0v) is 10.6. The molecule has 96 valence electrons. The van der Waals surface area contributed by atoms with Crippen molar-refractivity contribution in [3.63, 3.8) is 0 Å². The van der Waals surface area contributed by atoms with Crippen LogP contribution in [0.2, 0.25) is 0 Å². The van der Waals surface area contributed by atoms with E-state index in [1.165, 1.54) is 0 Å². The Labute approximate surface area is 107 Å². The molecule has 2 N–H and O–H groups in total. The van der Waals surface area contributed by atoms with Crippen molar-refractivity contribution in [2.24, 2.45) is 5.73 Å². The second kappa shape index (κ2) is 6.33. The van der Waals surface area contributed by atoms with Gasteiger partial charge in [-0.15, -0.1) is 0 Å². The first-order valence-electron chi connectivity index (χ1n) is 6.05. The maximum absolute atomic E-state index is 5.71. The maximum Gasteiger partial charge on any atom is 0.221 e. The Morgan fingerprint density at radius 1 is 1.17 bits per heavy atom. The molecule has 0 saturated carbocycles. The summed E-state index contributed by atoms with van der Waals surface area (Å²) in [5.74, 6) is 0.666. The molecule has 0 amide bonds. The van der Waals surface area contributed by atoms with Gasteiger partial charge in [-0.3, -0.25) is 0 Å². The Morgan fingerprint density at radius 3 is 2.67 bits per heavy atom. The van der Waals surface area contributed by atoms with E-state index in [0.29, 0.717) is 25.6 Å². The first kappa shape index (κ1) is 12.8. The highest BCUT2D eigenvalue weighted by Gasteiger charge is 2.06. The van der Waals surface area contributed by atoms with Crippen molar-refractivity contribution in [3.8, 4) is 5.88 Å². The summed E-state index contributed by atoms with van der Waals surface area (Å²) in [4.78, 5) is 4.33. The van der Waals surface area contributed by atoms with Crippen LogP contribution in [0.3, 0.4) is 0 Å². The number of fused-ring (bicyclic) bond motifs is 1. The van der Waals surface area contributed by atoms with Gasteiger partial charge in [0, 0.05) is 38.3 Å². The topological polar surface area (TPSA) is 57.4 Å². The van der Waals surface area contributed by atoms with Crippen LogP contribution in [0.1, 0.15) is 12.0 Å². The van der Waals surface area contributed by atoms with Crippen molar-refractivity contribution >= 4 is 10.8 Å². The van der Waals surface area contributed by atoms with E-state index in [0.717, 1.165) is 22.8 Å². The predicted octanol–water partition coefficient (Wildman–Crippen LogP) is 2.11. The minimum Gasteiger partial charge on any atom is -0.477 e. The summed E-state index contributed by atoms with van der Waals surface area (Å²) in [5.41, 5.74) is 6.75. The Kier molecular flexibility index (Phi) is 4.50. The van der Waals surface area contributed by atoms with E-state index in [1.54, 1.807) is 13.3 Å². The lowest BCUT2D eigenvalue weighted by Gasteiger charge is -2.10. The van der Waals surface area contributed by atoms with Crippen molar-refractivity contribution < 1.29 is 9.47 Å². The van der Waals surface area contributed by atoms with E-state index < -0.39 is 0 Å². The van der Waals surface area contributed by atoms with E-state index in [4.69, 9.17) is 15.2 Å². The van der Waals surface area contributed by atoms with Gasteiger partial charge in [-0.25, -0.2) is 4.98 Å². The lowest BCUT2D eigenvalue weighted by molar-refractivity contribution is 0.171. The fourth-order valence-corrected chi connectivity index (χ4v) is 1.88. The Bertz CT molecular complexity index is 514. The third-order valence-corrected chi connectivity index (χ3v) is 2.79. The number of methoxy groups -OCH3 is 1. The van der Waals surface area contributed by atoms with Gasteiger partial charge < -0.3 is 15.2 Å². The minimum absolute atomic E-state index is 0.484. The smallest absolute Gasteiger partial charge is 0.221 e. The molecule has 0 aliphatic rings. The van der Waals surface area contributed by atoms with Gasteiger partial charge in [0.1, 0.15) is 0 Å². The summed E-state index contributed by atoms with van der Waals surface area (Å²) in [5, 5.41) is 2.12. The minimum atomic E-state index is 0.484. The fourth-order valence-electron chi connectivity index (χ4n) is 1.88. The van der Waals surface area contributed by atoms with Gasteiger partial charge in [-0.2, -0.15) is 0 Å². The van der Waals surface area contributed by atoms with Gasteiger partial charge in [-0.05, 0) is 17.0 Å². The molecule has 1 aromatic carbocycles. The van der Waals surface area contributed by atoms with Gasteiger partial charge in [0.15, 0.2) is 0 Å². The number of benzene rings is 1. The van der Waals surface area contributed by atoms with Gasteiger partial charge in [-0.1, -0.05) is 18.2 Å². The van der Waals surface area contributed by atoms with Gasteiger partial charge in [0.25, 0.3) is 0 Å². The molecule has 2 aromatic rings. The van der Waals surface area contributed by atoms with Crippen LogP contribution in [0, 0.1) is 0 Å². The lowest BCUT2D eigenvalue weighted by Crippen LogP contribution is -2.04. The number of hydrogen-bond acceptors (Lipinski definition) is 4. The lowest BCUT2D eigenvalue weighted by atomic mass is 10.1. The number of nitrogens with zero attached hydrogens (tertiary/aromatic N) is 1. The van der Waals surface area contributed by atoms with Crippen LogP contribution in [0.25, 0.3) is 10.8 Å². The Balaban J connectivity index is 2.23. The van der Waals surface area contributed by atoms with E-state index in [1.807, 2.05) is 24.3 Å². The van der Waals surface area contributed by atoms with Crippen molar-refractivity contribution in [1.29, 1.82) is 0 Å². The van der Waals surface area contributed by atoms with Crippen LogP contribution in [0.15, 0.2) is 30.5 Å². The monoisotopic (exact) mass is 246 g/mol. The molecule has 0 bridgehead atoms. The molecule has 0 fully saturated rings. The molecule has 0 radical (unpaired) electrons. The van der Waals surface area contributed by atoms with Crippen molar-refractivity contribution in [2.75, 3.05) is 20.3 Å². The predicted molar refractivity (Wildman–Crippen MR) is 71.6 cm³/mol. The van der Waals surface area contributed by atoms with Crippen LogP contribution in [0.4, 0.5) is 0 Å². The number of aromatic nitrogens is 1. The number of rotatable bonds is 6. The summed E-state index contributed by atoms with van der Waals surface area (Å²) in [7, 11) is 1.68. The molecule has 1 heterocycles. The normalized spacial score (nSPS) is 10.8. The molecule has 4 heteroatoms. The molecule has 0 aliphatic carbocycles. The van der Waals surface area contributed by atoms with E-state index in [2.05, 4.69) is 4.98 Å². The molecule has 2 rings (SSSR count). The van der Waals surface area contributed by atoms with Crippen LogP contribution < -0.4 is 10.5 Å². The molecular formula is C14H18N2O2. The highest BCUT2D eigenvalue weighted by molar-refractivity contribution is 5.89. The zero-order chi connectivity index (χ0) is 12.8. The largest absolute Gasteiger partial charge is 0.477 e. The van der Waals surface area contributed by atoms with E-state index >= 15 is 0 Å². The number of ether oxygens (including phenoxy) is 2. The molecular weight excluding hydrogens is 228 g/mol. The highest BCUT2D eigenvalue weighted by atomic mass is 16.5. The fraction of sp³-hybridized carbons (Fsp3) is 0.357. The molecule has 0 unspecified atom stereocenters. The average molecular weight is 246 g/mol. The van der Waals surface area contributed by atoms with Crippen molar-refractivity contribution in [3.05, 3.63) is 36.0 Å². The summed E-state index contributed by atoms with van der Waals surface area (Å²) >= 11 is 0. The summed E-state index contributed by atoms with van der Waals surface area (Å²) < 4.78 is 10.7. The highest BCUT2D eigenvalue weighted by Crippen LogP contribution is 2.25. The summed E-state index contributed by atoms with van der Waals surface area (Å²) in [6.45, 7) is 1.78. The summed E-state index contributed by atoms with van der Waals surface area (Å²) in [6, 6.07) is 8.02. The second-order valence-electron chi connectivity index (χ2n) is 4.03. The van der Waals surface area contributed by atoms with Crippen molar-refractivity contribution in [1.82, 2.24) is 4.98 Å². The second-order valence-corrected chi connectivity index (χ2v) is 4.03.